The summed E-state index contributed by atoms with van der Waals surface area (Å²) in [5.41, 5.74) is 2.67. The Kier molecular flexibility index (Phi) is 2.12. The summed E-state index contributed by atoms with van der Waals surface area (Å²) in [6, 6.07) is 1.91. The summed E-state index contributed by atoms with van der Waals surface area (Å²) in [5, 5.41) is 9.58. The Morgan fingerprint density at radius 3 is 2.92 bits per heavy atom. The van der Waals surface area contributed by atoms with Gasteiger partial charge in [0.1, 0.15) is 5.75 Å². The predicted octanol–water partition coefficient (Wildman–Crippen LogP) is 2.46. The van der Waals surface area contributed by atoms with Gasteiger partial charge in [-0.05, 0) is 52.4 Å². The molecule has 0 spiro atoms. The van der Waals surface area contributed by atoms with E-state index in [-0.39, 0.29) is 5.75 Å². The van der Waals surface area contributed by atoms with E-state index in [1.54, 1.807) is 0 Å². The first-order chi connectivity index (χ1) is 6.24. The van der Waals surface area contributed by atoms with Crippen molar-refractivity contribution in [3.63, 3.8) is 0 Å². The maximum absolute atomic E-state index is 10.8. The molecule has 0 bridgehead atoms. The molecule has 0 amide bonds. The maximum Gasteiger partial charge on any atom is 0.154 e. The van der Waals surface area contributed by atoms with Crippen molar-refractivity contribution in [3.05, 3.63) is 27.2 Å². The van der Waals surface area contributed by atoms with Gasteiger partial charge in [-0.2, -0.15) is 0 Å². The number of aryl methyl sites for hydroxylation is 1. The lowest BCUT2D eigenvalue weighted by Crippen LogP contribution is -1.93. The van der Waals surface area contributed by atoms with E-state index in [4.69, 9.17) is 0 Å². The number of carbonyl (C=O) groups excluding carboxylic acids is 1. The first-order valence-corrected chi connectivity index (χ1v) is 5.01. The SMILES string of the molecule is O=Cc1c(O)c(Br)cc2c1CCC2. The lowest BCUT2D eigenvalue weighted by Gasteiger charge is -2.06. The standard InChI is InChI=1S/C10H9BrO2/c11-9-4-6-2-1-3-7(6)8(5-12)10(9)13/h4-5,13H,1-3H2. The highest BCUT2D eigenvalue weighted by molar-refractivity contribution is 9.10. The van der Waals surface area contributed by atoms with E-state index in [1.807, 2.05) is 6.07 Å². The summed E-state index contributed by atoms with van der Waals surface area (Å²) < 4.78 is 0.621. The van der Waals surface area contributed by atoms with E-state index in [0.29, 0.717) is 10.0 Å². The van der Waals surface area contributed by atoms with E-state index < -0.39 is 0 Å². The molecule has 0 heterocycles. The van der Waals surface area contributed by atoms with Crippen molar-refractivity contribution >= 4 is 22.2 Å². The van der Waals surface area contributed by atoms with Gasteiger partial charge in [0.2, 0.25) is 0 Å². The normalized spacial score (nSPS) is 14.2. The van der Waals surface area contributed by atoms with Crippen molar-refractivity contribution in [2.24, 2.45) is 0 Å². The van der Waals surface area contributed by atoms with Crippen LogP contribution in [0.3, 0.4) is 0 Å². The Morgan fingerprint density at radius 1 is 1.46 bits per heavy atom. The van der Waals surface area contributed by atoms with Crippen molar-refractivity contribution in [1.82, 2.24) is 0 Å². The van der Waals surface area contributed by atoms with Crippen LogP contribution in [0.4, 0.5) is 0 Å². The molecule has 0 atom stereocenters. The van der Waals surface area contributed by atoms with Crippen molar-refractivity contribution < 1.29 is 9.90 Å². The molecule has 0 aliphatic heterocycles. The molecule has 1 aliphatic rings. The van der Waals surface area contributed by atoms with Crippen molar-refractivity contribution in [1.29, 1.82) is 0 Å². The number of fused-ring (bicyclic) bond motifs is 1. The van der Waals surface area contributed by atoms with Crippen molar-refractivity contribution in [3.8, 4) is 5.75 Å². The van der Waals surface area contributed by atoms with E-state index in [0.717, 1.165) is 31.1 Å². The molecule has 0 aromatic heterocycles. The van der Waals surface area contributed by atoms with Gasteiger partial charge in [-0.15, -0.1) is 0 Å². The Bertz CT molecular complexity index is 372. The average Bonchev–Trinajstić information content (AvgIpc) is 2.54. The topological polar surface area (TPSA) is 37.3 Å². The molecule has 0 unspecified atom stereocenters. The third kappa shape index (κ3) is 1.27. The van der Waals surface area contributed by atoms with Crippen LogP contribution in [0.1, 0.15) is 27.9 Å². The molecule has 3 heteroatoms. The molecule has 2 nitrogen and oxygen atoms in total. The molecule has 0 saturated carbocycles. The van der Waals surface area contributed by atoms with Crippen LogP contribution in [0.15, 0.2) is 10.5 Å². The second-order valence-electron chi connectivity index (χ2n) is 3.23. The molecule has 13 heavy (non-hydrogen) atoms. The van der Waals surface area contributed by atoms with Crippen LogP contribution >= 0.6 is 15.9 Å². The number of rotatable bonds is 1. The van der Waals surface area contributed by atoms with Crippen molar-refractivity contribution in [2.75, 3.05) is 0 Å². The van der Waals surface area contributed by atoms with E-state index in [2.05, 4.69) is 15.9 Å². The van der Waals surface area contributed by atoms with Gasteiger partial charge in [0.25, 0.3) is 0 Å². The Morgan fingerprint density at radius 2 is 2.23 bits per heavy atom. The number of benzene rings is 1. The lowest BCUT2D eigenvalue weighted by atomic mass is 10.0. The number of carbonyl (C=O) groups is 1. The number of halogens is 1. The quantitative estimate of drug-likeness (QED) is 0.767. The fourth-order valence-corrected chi connectivity index (χ4v) is 2.34. The Labute approximate surface area is 84.7 Å². The molecule has 1 aliphatic carbocycles. The average molecular weight is 241 g/mol. The minimum absolute atomic E-state index is 0.0793. The molecular weight excluding hydrogens is 232 g/mol. The number of aromatic hydroxyl groups is 1. The molecular formula is C10H9BrO2. The van der Waals surface area contributed by atoms with Gasteiger partial charge >= 0.3 is 0 Å². The lowest BCUT2D eigenvalue weighted by molar-refractivity contribution is 0.112. The van der Waals surface area contributed by atoms with Crippen LogP contribution < -0.4 is 0 Å². The second-order valence-corrected chi connectivity index (χ2v) is 4.08. The van der Waals surface area contributed by atoms with E-state index in [1.165, 1.54) is 5.56 Å². The summed E-state index contributed by atoms with van der Waals surface area (Å²) in [6.45, 7) is 0. The van der Waals surface area contributed by atoms with Crippen LogP contribution in [0, 0.1) is 0 Å². The minimum Gasteiger partial charge on any atom is -0.506 e. The fourth-order valence-electron chi connectivity index (χ4n) is 1.85. The summed E-state index contributed by atoms with van der Waals surface area (Å²) in [5.74, 6) is 0.0793. The van der Waals surface area contributed by atoms with Crippen LogP contribution in [-0.2, 0) is 12.8 Å². The van der Waals surface area contributed by atoms with Crippen LogP contribution in [0.25, 0.3) is 0 Å². The van der Waals surface area contributed by atoms with Crippen LogP contribution in [0.5, 0.6) is 5.75 Å². The Balaban J connectivity index is 2.71. The van der Waals surface area contributed by atoms with E-state index >= 15 is 0 Å². The molecule has 1 aromatic rings. The number of hydrogen-bond donors (Lipinski definition) is 1. The highest BCUT2D eigenvalue weighted by Gasteiger charge is 2.19. The number of hydrogen-bond acceptors (Lipinski definition) is 2. The monoisotopic (exact) mass is 240 g/mol. The minimum atomic E-state index is 0.0793. The first-order valence-electron chi connectivity index (χ1n) is 4.22. The summed E-state index contributed by atoms with van der Waals surface area (Å²) in [6.07, 6.45) is 3.73. The van der Waals surface area contributed by atoms with Crippen molar-refractivity contribution in [2.45, 2.75) is 19.3 Å². The van der Waals surface area contributed by atoms with E-state index in [9.17, 15) is 9.90 Å². The zero-order valence-corrected chi connectivity index (χ0v) is 8.60. The first kappa shape index (κ1) is 8.75. The summed E-state index contributed by atoms with van der Waals surface area (Å²) >= 11 is 3.23. The zero-order chi connectivity index (χ0) is 9.42. The number of phenols is 1. The predicted molar refractivity (Wildman–Crippen MR) is 53.2 cm³/mol. The number of phenolic OH excluding ortho intramolecular Hbond substituents is 1. The fraction of sp³-hybridized carbons (Fsp3) is 0.300. The Hall–Kier alpha value is -0.830. The maximum atomic E-state index is 10.8. The van der Waals surface area contributed by atoms with Gasteiger partial charge in [-0.1, -0.05) is 0 Å². The molecule has 0 radical (unpaired) electrons. The summed E-state index contributed by atoms with van der Waals surface area (Å²) in [4.78, 5) is 10.8. The molecule has 0 fully saturated rings. The summed E-state index contributed by atoms with van der Waals surface area (Å²) in [7, 11) is 0. The molecule has 1 aromatic carbocycles. The second kappa shape index (κ2) is 3.14. The molecule has 68 valence electrons. The van der Waals surface area contributed by atoms with Gasteiger partial charge in [0.05, 0.1) is 10.0 Å². The van der Waals surface area contributed by atoms with Gasteiger partial charge < -0.3 is 5.11 Å². The number of aldehydes is 1. The molecule has 1 N–H and O–H groups in total. The smallest absolute Gasteiger partial charge is 0.154 e. The van der Waals surface area contributed by atoms with Gasteiger partial charge in [0, 0.05) is 0 Å². The van der Waals surface area contributed by atoms with Crippen LogP contribution in [0.2, 0.25) is 0 Å². The molecule has 2 rings (SSSR count). The third-order valence-electron chi connectivity index (χ3n) is 2.49. The largest absolute Gasteiger partial charge is 0.506 e. The van der Waals surface area contributed by atoms with Gasteiger partial charge in [-0.3, -0.25) is 4.79 Å². The van der Waals surface area contributed by atoms with Crippen LogP contribution in [-0.4, -0.2) is 11.4 Å². The van der Waals surface area contributed by atoms with Gasteiger partial charge in [0.15, 0.2) is 6.29 Å². The van der Waals surface area contributed by atoms with Gasteiger partial charge in [-0.25, -0.2) is 0 Å². The highest BCUT2D eigenvalue weighted by Crippen LogP contribution is 2.36. The third-order valence-corrected chi connectivity index (χ3v) is 3.09. The molecule has 0 saturated heterocycles. The zero-order valence-electron chi connectivity index (χ0n) is 7.01. The highest BCUT2D eigenvalue weighted by atomic mass is 79.9.